The van der Waals surface area contributed by atoms with Gasteiger partial charge in [-0.25, -0.2) is 4.98 Å². The van der Waals surface area contributed by atoms with Gasteiger partial charge in [-0.1, -0.05) is 37.6 Å². The first-order valence-corrected chi connectivity index (χ1v) is 13.0. The van der Waals surface area contributed by atoms with Gasteiger partial charge in [0.15, 0.2) is 5.13 Å². The van der Waals surface area contributed by atoms with E-state index >= 15 is 0 Å². The lowest BCUT2D eigenvalue weighted by Gasteiger charge is -2.29. The van der Waals surface area contributed by atoms with Crippen LogP contribution in [0.25, 0.3) is 11.3 Å². The van der Waals surface area contributed by atoms with Gasteiger partial charge in [0.1, 0.15) is 13.1 Å². The fraction of sp³-hybridized carbons (Fsp3) is 0.423. The van der Waals surface area contributed by atoms with Crippen LogP contribution in [0.4, 0.5) is 24.0 Å². The molecule has 198 valence electrons. The molecule has 0 aliphatic carbocycles. The van der Waals surface area contributed by atoms with Crippen molar-refractivity contribution in [2.24, 2.45) is 0 Å². The van der Waals surface area contributed by atoms with Crippen LogP contribution in [0.15, 0.2) is 53.9 Å². The van der Waals surface area contributed by atoms with Crippen molar-refractivity contribution in [3.05, 3.63) is 64.5 Å². The van der Waals surface area contributed by atoms with Gasteiger partial charge in [0.2, 0.25) is 0 Å². The molecule has 0 aliphatic rings. The number of rotatable bonds is 11. The van der Waals surface area contributed by atoms with Crippen LogP contribution in [-0.2, 0) is 10.9 Å². The highest BCUT2D eigenvalue weighted by atomic mass is 35.5. The van der Waals surface area contributed by atoms with Crippen LogP contribution in [0.2, 0.25) is 5.02 Å². The maximum atomic E-state index is 13.0. The van der Waals surface area contributed by atoms with Crippen LogP contribution in [0.5, 0.6) is 0 Å². The first kappa shape index (κ1) is 30.1. The van der Waals surface area contributed by atoms with E-state index in [1.165, 1.54) is 23.5 Å². The van der Waals surface area contributed by atoms with E-state index in [-0.39, 0.29) is 6.61 Å². The number of benzene rings is 2. The lowest BCUT2D eigenvalue weighted by atomic mass is 10.2. The number of ether oxygens (including phenoxy) is 1. The van der Waals surface area contributed by atoms with Gasteiger partial charge in [-0.15, -0.1) is 11.3 Å². The summed E-state index contributed by atoms with van der Waals surface area (Å²) in [5.74, 6) is 0. The van der Waals surface area contributed by atoms with Gasteiger partial charge in [0, 0.05) is 28.2 Å². The van der Waals surface area contributed by atoms with Crippen molar-refractivity contribution < 1.29 is 27.5 Å². The second kappa shape index (κ2) is 13.9. The van der Waals surface area contributed by atoms with Gasteiger partial charge < -0.3 is 19.2 Å². The third-order valence-corrected chi connectivity index (χ3v) is 6.45. The molecular formula is C26H34ClF3N3O2S+. The molecule has 1 aromatic heterocycles. The van der Waals surface area contributed by atoms with Crippen LogP contribution in [0.3, 0.4) is 0 Å². The molecule has 1 N–H and O–H groups in total. The Bertz CT molecular complexity index is 1060. The summed E-state index contributed by atoms with van der Waals surface area (Å²) in [6.45, 7) is 6.75. The minimum Gasteiger partial charge on any atom is -0.391 e. The number of aliphatic hydroxyl groups is 1. The van der Waals surface area contributed by atoms with Gasteiger partial charge in [-0.2, -0.15) is 13.2 Å². The van der Waals surface area contributed by atoms with E-state index in [0.29, 0.717) is 46.6 Å². The summed E-state index contributed by atoms with van der Waals surface area (Å²) in [6.07, 6.45) is -4.40. The number of quaternary nitrogens is 1. The number of halogens is 4. The molecule has 3 rings (SSSR count). The monoisotopic (exact) mass is 544 g/mol. The summed E-state index contributed by atoms with van der Waals surface area (Å²) in [7, 11) is 4.03. The Balaban J connectivity index is 0.00000222. The standard InChI is InChI=1S/C24H28ClF3N3O2S.C2H6/c1-31(2,11-13-32)12-15-33-14-10-30(21-8-6-19(7-9-21)24(26,27)28)23-29-22(17-34-23)18-4-3-5-20(25)16-18;1-2/h3-9,16-17,32H,10-15H2,1-2H3;1-2H3/q+1;. The number of aliphatic hydroxyl groups excluding tert-OH is 1. The van der Waals surface area contributed by atoms with Crippen molar-refractivity contribution in [1.82, 2.24) is 4.98 Å². The molecule has 2 aromatic carbocycles. The molecule has 0 radical (unpaired) electrons. The SMILES string of the molecule is CC.C[N+](C)(CCO)CCOCCN(c1ccc(C(F)(F)F)cc1)c1nc(-c2cccc(Cl)c2)cs1. The number of hydrogen-bond donors (Lipinski definition) is 1. The number of nitrogens with zero attached hydrogens (tertiary/aromatic N) is 3. The smallest absolute Gasteiger partial charge is 0.391 e. The summed E-state index contributed by atoms with van der Waals surface area (Å²) in [5.41, 5.74) is 1.50. The fourth-order valence-electron chi connectivity index (χ4n) is 3.29. The second-order valence-corrected chi connectivity index (χ2v) is 9.71. The number of thiazole rings is 1. The first-order chi connectivity index (χ1) is 17.1. The van der Waals surface area contributed by atoms with Gasteiger partial charge in [-0.05, 0) is 36.4 Å². The Morgan fingerprint density at radius 2 is 1.75 bits per heavy atom. The largest absolute Gasteiger partial charge is 0.416 e. The van der Waals surface area contributed by atoms with Gasteiger partial charge in [-0.3, -0.25) is 0 Å². The highest BCUT2D eigenvalue weighted by molar-refractivity contribution is 7.14. The Labute approximate surface area is 220 Å². The number of anilines is 2. The second-order valence-electron chi connectivity index (χ2n) is 8.44. The topological polar surface area (TPSA) is 45.6 Å². The zero-order chi connectivity index (χ0) is 26.8. The summed E-state index contributed by atoms with van der Waals surface area (Å²) in [4.78, 5) is 6.56. The Morgan fingerprint density at radius 3 is 2.36 bits per heavy atom. The van der Waals surface area contributed by atoms with E-state index in [4.69, 9.17) is 26.4 Å². The molecule has 0 saturated carbocycles. The Morgan fingerprint density at radius 1 is 1.06 bits per heavy atom. The first-order valence-electron chi connectivity index (χ1n) is 11.8. The number of alkyl halides is 3. The van der Waals surface area contributed by atoms with Crippen molar-refractivity contribution in [3.63, 3.8) is 0 Å². The van der Waals surface area contributed by atoms with E-state index in [1.54, 1.807) is 6.07 Å². The highest BCUT2D eigenvalue weighted by Crippen LogP contribution is 2.35. The molecule has 0 spiro atoms. The molecule has 1 heterocycles. The number of likely N-dealkylation sites (N-methyl/N-ethyl adjacent to an activating group) is 1. The van der Waals surface area contributed by atoms with Crippen LogP contribution >= 0.6 is 22.9 Å². The fourth-order valence-corrected chi connectivity index (χ4v) is 4.36. The minimum absolute atomic E-state index is 0.105. The van der Waals surface area contributed by atoms with Crippen LogP contribution in [0, 0.1) is 0 Å². The van der Waals surface area contributed by atoms with Crippen molar-refractivity contribution in [1.29, 1.82) is 0 Å². The maximum Gasteiger partial charge on any atom is 0.416 e. The number of hydrogen-bond acceptors (Lipinski definition) is 5. The summed E-state index contributed by atoms with van der Waals surface area (Å²) >= 11 is 7.50. The molecule has 0 bridgehead atoms. The highest BCUT2D eigenvalue weighted by Gasteiger charge is 2.30. The average Bonchev–Trinajstić information content (AvgIpc) is 3.32. The van der Waals surface area contributed by atoms with Crippen molar-refractivity contribution in [2.45, 2.75) is 20.0 Å². The lowest BCUT2D eigenvalue weighted by Crippen LogP contribution is -2.44. The van der Waals surface area contributed by atoms with E-state index in [2.05, 4.69) is 0 Å². The van der Waals surface area contributed by atoms with Gasteiger partial charge in [0.05, 0.1) is 45.2 Å². The molecule has 3 aromatic rings. The Kier molecular flexibility index (Phi) is 11.6. The normalized spacial score (nSPS) is 11.7. The summed E-state index contributed by atoms with van der Waals surface area (Å²) in [6, 6.07) is 12.4. The molecule has 10 heteroatoms. The predicted molar refractivity (Wildman–Crippen MR) is 142 cm³/mol. The predicted octanol–water partition coefficient (Wildman–Crippen LogP) is 6.73. The van der Waals surface area contributed by atoms with Gasteiger partial charge in [0.25, 0.3) is 0 Å². The number of aromatic nitrogens is 1. The summed E-state index contributed by atoms with van der Waals surface area (Å²) in [5, 5.41) is 12.3. The average molecular weight is 545 g/mol. The molecule has 5 nitrogen and oxygen atoms in total. The third kappa shape index (κ3) is 9.05. The zero-order valence-electron chi connectivity index (χ0n) is 21.1. The van der Waals surface area contributed by atoms with Crippen molar-refractivity contribution in [3.8, 4) is 11.3 Å². The third-order valence-electron chi connectivity index (χ3n) is 5.36. The van der Waals surface area contributed by atoms with Gasteiger partial charge >= 0.3 is 6.18 Å². The van der Waals surface area contributed by atoms with Crippen LogP contribution < -0.4 is 4.90 Å². The minimum atomic E-state index is -4.40. The van der Waals surface area contributed by atoms with Crippen molar-refractivity contribution >= 4 is 33.8 Å². The van der Waals surface area contributed by atoms with E-state index in [9.17, 15) is 13.2 Å². The van der Waals surface area contributed by atoms with E-state index in [1.807, 2.05) is 56.4 Å². The molecule has 0 unspecified atom stereocenters. The summed E-state index contributed by atoms with van der Waals surface area (Å²) < 4.78 is 45.6. The van der Waals surface area contributed by atoms with Crippen LogP contribution in [0.1, 0.15) is 19.4 Å². The molecule has 0 atom stereocenters. The molecule has 36 heavy (non-hydrogen) atoms. The lowest BCUT2D eigenvalue weighted by molar-refractivity contribution is -0.891. The maximum absolute atomic E-state index is 13.0. The molecule has 0 amide bonds. The molecule has 0 fully saturated rings. The molecule has 0 aliphatic heterocycles. The zero-order valence-corrected chi connectivity index (χ0v) is 22.6. The van der Waals surface area contributed by atoms with Crippen molar-refractivity contribution in [2.75, 3.05) is 58.5 Å². The van der Waals surface area contributed by atoms with E-state index in [0.717, 1.165) is 29.9 Å². The van der Waals surface area contributed by atoms with Crippen LogP contribution in [-0.4, -0.2) is 68.1 Å². The quantitative estimate of drug-likeness (QED) is 0.215. The molecular weight excluding hydrogens is 511 g/mol. The molecule has 0 saturated heterocycles. The Hall–Kier alpha value is -2.17. The van der Waals surface area contributed by atoms with E-state index < -0.39 is 11.7 Å².